The van der Waals surface area contributed by atoms with Crippen molar-refractivity contribution in [3.05, 3.63) is 18.2 Å². The molecule has 0 amide bonds. The zero-order valence-electron chi connectivity index (χ0n) is 12.1. The minimum absolute atomic E-state index is 0.577. The Morgan fingerprint density at radius 1 is 1.35 bits per heavy atom. The zero-order chi connectivity index (χ0) is 14.5. The highest BCUT2D eigenvalue weighted by Gasteiger charge is 2.10. The first-order valence-electron chi connectivity index (χ1n) is 6.46. The molecule has 0 bridgehead atoms. The maximum absolute atomic E-state index is 5.92. The van der Waals surface area contributed by atoms with E-state index in [4.69, 9.17) is 10.5 Å². The molecule has 0 unspecified atom stereocenters. The first-order chi connectivity index (χ1) is 9.61. The molecule has 1 heterocycles. The lowest BCUT2D eigenvalue weighted by atomic mass is 10.1. The van der Waals surface area contributed by atoms with Crippen molar-refractivity contribution in [3.8, 4) is 17.1 Å². The Morgan fingerprint density at radius 3 is 2.80 bits per heavy atom. The van der Waals surface area contributed by atoms with Crippen LogP contribution < -0.4 is 10.5 Å². The number of anilines is 1. The standard InChI is InChI=1S/C13H20N6O/c1-18(2)7-4-8-19-13(15-16-17-19)10-5-6-12(20-3)11(14)9-10/h5-6,9H,4,7-8,14H2,1-3H3. The molecule has 0 radical (unpaired) electrons. The number of aromatic nitrogens is 4. The molecule has 0 aliphatic heterocycles. The molecule has 20 heavy (non-hydrogen) atoms. The van der Waals surface area contributed by atoms with Crippen LogP contribution >= 0.6 is 0 Å². The van der Waals surface area contributed by atoms with E-state index in [0.717, 1.165) is 30.9 Å². The lowest BCUT2D eigenvalue weighted by Crippen LogP contribution is -2.15. The average molecular weight is 276 g/mol. The number of benzene rings is 1. The highest BCUT2D eigenvalue weighted by atomic mass is 16.5. The van der Waals surface area contributed by atoms with Crippen LogP contribution in [0.4, 0.5) is 5.69 Å². The second kappa shape index (κ2) is 6.33. The van der Waals surface area contributed by atoms with Crippen molar-refractivity contribution in [1.29, 1.82) is 0 Å². The Morgan fingerprint density at radius 2 is 2.15 bits per heavy atom. The summed E-state index contributed by atoms with van der Waals surface area (Å²) in [6, 6.07) is 5.56. The molecule has 2 N–H and O–H groups in total. The number of nitrogen functional groups attached to an aromatic ring is 1. The predicted molar refractivity (Wildman–Crippen MR) is 77.4 cm³/mol. The molecule has 1 aromatic carbocycles. The van der Waals surface area contributed by atoms with Gasteiger partial charge in [0.15, 0.2) is 5.82 Å². The van der Waals surface area contributed by atoms with Crippen LogP contribution in [-0.2, 0) is 6.54 Å². The van der Waals surface area contributed by atoms with Crippen LogP contribution in [0.25, 0.3) is 11.4 Å². The number of rotatable bonds is 6. The van der Waals surface area contributed by atoms with Gasteiger partial charge in [0.1, 0.15) is 5.75 Å². The number of hydrogen-bond donors (Lipinski definition) is 1. The van der Waals surface area contributed by atoms with Gasteiger partial charge in [-0.05, 0) is 55.7 Å². The molecule has 108 valence electrons. The van der Waals surface area contributed by atoms with E-state index in [0.29, 0.717) is 11.4 Å². The maximum atomic E-state index is 5.92. The van der Waals surface area contributed by atoms with E-state index in [-0.39, 0.29) is 0 Å². The fraction of sp³-hybridized carbons (Fsp3) is 0.462. The van der Waals surface area contributed by atoms with Crippen molar-refractivity contribution < 1.29 is 4.74 Å². The summed E-state index contributed by atoms with van der Waals surface area (Å²) in [4.78, 5) is 2.13. The molecule has 0 atom stereocenters. The molecular weight excluding hydrogens is 256 g/mol. The lowest BCUT2D eigenvalue weighted by molar-refractivity contribution is 0.379. The zero-order valence-corrected chi connectivity index (χ0v) is 12.1. The van der Waals surface area contributed by atoms with Gasteiger partial charge in [-0.2, -0.15) is 0 Å². The van der Waals surface area contributed by atoms with Gasteiger partial charge in [0.2, 0.25) is 0 Å². The van der Waals surface area contributed by atoms with Crippen LogP contribution in [0.1, 0.15) is 6.42 Å². The minimum Gasteiger partial charge on any atom is -0.495 e. The number of nitrogens with two attached hydrogens (primary N) is 1. The Balaban J connectivity index is 2.17. The van der Waals surface area contributed by atoms with Gasteiger partial charge in [-0.3, -0.25) is 0 Å². The van der Waals surface area contributed by atoms with Gasteiger partial charge < -0.3 is 15.4 Å². The van der Waals surface area contributed by atoms with Crippen LogP contribution in [0.3, 0.4) is 0 Å². The predicted octanol–water partition coefficient (Wildman–Crippen LogP) is 0.883. The van der Waals surface area contributed by atoms with E-state index >= 15 is 0 Å². The third-order valence-electron chi connectivity index (χ3n) is 3.00. The summed E-state index contributed by atoms with van der Waals surface area (Å²) in [5.74, 6) is 1.37. The van der Waals surface area contributed by atoms with Crippen molar-refractivity contribution >= 4 is 5.69 Å². The van der Waals surface area contributed by atoms with E-state index in [1.807, 2.05) is 32.3 Å². The average Bonchev–Trinajstić information content (AvgIpc) is 2.86. The van der Waals surface area contributed by atoms with Gasteiger partial charge in [0.25, 0.3) is 0 Å². The Bertz CT molecular complexity index is 566. The van der Waals surface area contributed by atoms with Crippen LogP contribution in [0, 0.1) is 0 Å². The summed E-state index contributed by atoms with van der Waals surface area (Å²) in [6.07, 6.45) is 0.983. The van der Waals surface area contributed by atoms with Gasteiger partial charge in [-0.25, -0.2) is 4.68 Å². The van der Waals surface area contributed by atoms with Crippen molar-refractivity contribution in [2.45, 2.75) is 13.0 Å². The summed E-state index contributed by atoms with van der Waals surface area (Å²) in [5, 5.41) is 11.8. The summed E-state index contributed by atoms with van der Waals surface area (Å²) in [6.45, 7) is 1.76. The number of ether oxygens (including phenoxy) is 1. The van der Waals surface area contributed by atoms with Crippen LogP contribution in [0.2, 0.25) is 0 Å². The molecular formula is C13H20N6O. The van der Waals surface area contributed by atoms with Gasteiger partial charge in [0, 0.05) is 12.1 Å². The smallest absolute Gasteiger partial charge is 0.182 e. The molecule has 2 rings (SSSR count). The summed E-state index contributed by atoms with van der Waals surface area (Å²) < 4.78 is 6.95. The van der Waals surface area contributed by atoms with Crippen LogP contribution in [0.5, 0.6) is 5.75 Å². The molecule has 0 aliphatic carbocycles. The highest BCUT2D eigenvalue weighted by molar-refractivity contribution is 5.66. The molecule has 0 aliphatic rings. The largest absolute Gasteiger partial charge is 0.495 e. The number of aryl methyl sites for hydroxylation is 1. The van der Waals surface area contributed by atoms with E-state index in [2.05, 4.69) is 20.4 Å². The lowest BCUT2D eigenvalue weighted by Gasteiger charge is -2.10. The third-order valence-corrected chi connectivity index (χ3v) is 3.00. The molecule has 1 aromatic heterocycles. The summed E-state index contributed by atoms with van der Waals surface area (Å²) in [5.41, 5.74) is 7.38. The van der Waals surface area contributed by atoms with E-state index in [1.54, 1.807) is 11.8 Å². The molecule has 0 saturated carbocycles. The highest BCUT2D eigenvalue weighted by Crippen LogP contribution is 2.26. The van der Waals surface area contributed by atoms with Gasteiger partial charge in [-0.1, -0.05) is 0 Å². The Hall–Kier alpha value is -2.15. The Kier molecular flexibility index (Phi) is 4.52. The van der Waals surface area contributed by atoms with Crippen LogP contribution in [0.15, 0.2) is 18.2 Å². The normalized spacial score (nSPS) is 11.0. The minimum atomic E-state index is 0.577. The second-order valence-electron chi connectivity index (χ2n) is 4.84. The van der Waals surface area contributed by atoms with Crippen molar-refractivity contribution in [1.82, 2.24) is 25.1 Å². The third kappa shape index (κ3) is 3.24. The molecule has 0 spiro atoms. The van der Waals surface area contributed by atoms with Gasteiger partial charge in [0.05, 0.1) is 12.8 Å². The van der Waals surface area contributed by atoms with E-state index in [9.17, 15) is 0 Å². The molecule has 7 heteroatoms. The summed E-state index contributed by atoms with van der Waals surface area (Å²) in [7, 11) is 5.69. The fourth-order valence-corrected chi connectivity index (χ4v) is 1.97. The van der Waals surface area contributed by atoms with Crippen molar-refractivity contribution in [2.75, 3.05) is 33.5 Å². The van der Waals surface area contributed by atoms with Gasteiger partial charge in [-0.15, -0.1) is 5.10 Å². The Labute approximate surface area is 118 Å². The second-order valence-corrected chi connectivity index (χ2v) is 4.84. The first kappa shape index (κ1) is 14.3. The SMILES string of the molecule is COc1ccc(-c2nnnn2CCCN(C)C)cc1N. The van der Waals surface area contributed by atoms with Crippen LogP contribution in [-0.4, -0.2) is 52.9 Å². The van der Waals surface area contributed by atoms with E-state index in [1.165, 1.54) is 0 Å². The molecule has 2 aromatic rings. The summed E-state index contributed by atoms with van der Waals surface area (Å²) >= 11 is 0. The quantitative estimate of drug-likeness (QED) is 0.789. The van der Waals surface area contributed by atoms with E-state index < -0.39 is 0 Å². The molecule has 0 fully saturated rings. The number of methoxy groups -OCH3 is 1. The topological polar surface area (TPSA) is 82.1 Å². The van der Waals surface area contributed by atoms with Crippen molar-refractivity contribution in [3.63, 3.8) is 0 Å². The fourth-order valence-electron chi connectivity index (χ4n) is 1.97. The first-order valence-corrected chi connectivity index (χ1v) is 6.46. The maximum Gasteiger partial charge on any atom is 0.182 e. The number of hydrogen-bond acceptors (Lipinski definition) is 6. The van der Waals surface area contributed by atoms with Gasteiger partial charge >= 0.3 is 0 Å². The monoisotopic (exact) mass is 276 g/mol. The van der Waals surface area contributed by atoms with Crippen molar-refractivity contribution in [2.24, 2.45) is 0 Å². The molecule has 7 nitrogen and oxygen atoms in total. The molecule has 0 saturated heterocycles. The number of nitrogens with zero attached hydrogens (tertiary/aromatic N) is 5. The number of tetrazole rings is 1.